The normalized spacial score (nSPS) is 10.7. The molecule has 2 aromatic carbocycles. The number of nitrogens with zero attached hydrogens (tertiary/aromatic N) is 3. The Kier molecular flexibility index (Phi) is 7.01. The summed E-state index contributed by atoms with van der Waals surface area (Å²) in [5.74, 6) is 0. The van der Waals surface area contributed by atoms with Gasteiger partial charge in [-0.15, -0.1) is 65.4 Å². The molecule has 0 aliphatic heterocycles. The van der Waals surface area contributed by atoms with E-state index >= 15 is 0 Å². The molecule has 4 nitrogen and oxygen atoms in total. The van der Waals surface area contributed by atoms with Crippen LogP contribution in [-0.4, -0.2) is 15.0 Å². The molecule has 7 aromatic rings. The van der Waals surface area contributed by atoms with Gasteiger partial charge in [0.1, 0.15) is 0 Å². The maximum Gasteiger partial charge on any atom is 0.216 e. The number of aromatic nitrogens is 3. The maximum atomic E-state index is 6.03. The Labute approximate surface area is 226 Å². The van der Waals surface area contributed by atoms with Crippen molar-refractivity contribution in [3.63, 3.8) is 0 Å². The van der Waals surface area contributed by atoms with Crippen molar-refractivity contribution in [1.82, 2.24) is 15.0 Å². The molecule has 0 saturated carbocycles. The first-order valence-electron chi connectivity index (χ1n) is 11.2. The van der Waals surface area contributed by atoms with Crippen LogP contribution in [-0.2, 0) is 20.1 Å². The van der Waals surface area contributed by atoms with Crippen LogP contribution in [0.3, 0.4) is 0 Å². The van der Waals surface area contributed by atoms with E-state index in [2.05, 4.69) is 50.7 Å². The van der Waals surface area contributed by atoms with Gasteiger partial charge in [0.25, 0.3) is 0 Å². The second-order valence-corrected chi connectivity index (χ2v) is 8.97. The van der Waals surface area contributed by atoms with Gasteiger partial charge in [-0.3, -0.25) is 0 Å². The summed E-state index contributed by atoms with van der Waals surface area (Å²) < 4.78 is 7.22. The van der Waals surface area contributed by atoms with Crippen molar-refractivity contribution in [3.05, 3.63) is 114 Å². The molecule has 5 heterocycles. The summed E-state index contributed by atoms with van der Waals surface area (Å²) in [6.07, 6.45) is 3.70. The first-order valence-corrected chi connectivity index (χ1v) is 12.1. The van der Waals surface area contributed by atoms with Crippen LogP contribution in [0.2, 0.25) is 0 Å². The second kappa shape index (κ2) is 10.5. The SMILES string of the molecule is Cc1ccc2c(n1)oc1c(-c3cc4ccsc4cn3)[c-]ccc12.[Ir].[c-]1ccccc1-c1ccccn1. The molecule has 0 fully saturated rings. The van der Waals surface area contributed by atoms with Crippen molar-refractivity contribution in [2.75, 3.05) is 0 Å². The number of pyridine rings is 3. The maximum absolute atomic E-state index is 6.03. The van der Waals surface area contributed by atoms with Gasteiger partial charge >= 0.3 is 0 Å². The third-order valence-electron chi connectivity index (χ3n) is 5.68. The molecule has 0 aliphatic rings. The molecular weight excluding hydrogens is 643 g/mol. The molecule has 0 atom stereocenters. The van der Waals surface area contributed by atoms with Crippen molar-refractivity contribution in [3.8, 4) is 22.5 Å². The van der Waals surface area contributed by atoms with Crippen LogP contribution in [0.5, 0.6) is 0 Å². The molecule has 0 aliphatic carbocycles. The summed E-state index contributed by atoms with van der Waals surface area (Å²) in [4.78, 5) is 13.3. The van der Waals surface area contributed by atoms with E-state index in [1.807, 2.05) is 73.8 Å². The molecule has 0 unspecified atom stereocenters. The standard InChI is InChI=1S/C19H11N2OS.C11H8N.Ir/c1-11-5-6-14-13-3-2-4-15(18(13)22-19(14)21-11)16-9-12-7-8-23-17(12)10-20-16;1-2-6-10(7-3-1)11-8-4-5-9-12-11;/h2-3,5-10H,1H3;1-6,8-9H;/q2*-1;. The molecule has 5 aromatic heterocycles. The van der Waals surface area contributed by atoms with Gasteiger partial charge < -0.3 is 14.4 Å². The van der Waals surface area contributed by atoms with Gasteiger partial charge in [0.15, 0.2) is 0 Å². The van der Waals surface area contributed by atoms with Crippen LogP contribution in [0.1, 0.15) is 5.69 Å². The van der Waals surface area contributed by atoms with E-state index in [1.165, 1.54) is 10.1 Å². The van der Waals surface area contributed by atoms with Crippen LogP contribution >= 0.6 is 11.3 Å². The van der Waals surface area contributed by atoms with E-state index in [9.17, 15) is 0 Å². The molecule has 1 radical (unpaired) electrons. The van der Waals surface area contributed by atoms with Gasteiger partial charge in [-0.2, -0.15) is 0 Å². The van der Waals surface area contributed by atoms with Crippen LogP contribution in [0.15, 0.2) is 101 Å². The van der Waals surface area contributed by atoms with Gasteiger partial charge in [0.05, 0.1) is 10.3 Å². The third kappa shape index (κ3) is 4.71. The minimum atomic E-state index is 0. The minimum Gasteiger partial charge on any atom is -0.486 e. The molecular formula is C30H19IrN3OS-2. The monoisotopic (exact) mass is 662 g/mol. The van der Waals surface area contributed by atoms with Crippen molar-refractivity contribution in [2.24, 2.45) is 0 Å². The zero-order valence-electron chi connectivity index (χ0n) is 19.2. The number of rotatable bonds is 2. The van der Waals surface area contributed by atoms with Crippen molar-refractivity contribution in [1.29, 1.82) is 0 Å². The quantitative estimate of drug-likeness (QED) is 0.177. The number of hydrogen-bond donors (Lipinski definition) is 0. The summed E-state index contributed by atoms with van der Waals surface area (Å²) in [6.45, 7) is 1.96. The molecule has 0 saturated heterocycles. The van der Waals surface area contributed by atoms with Crippen molar-refractivity contribution < 1.29 is 24.5 Å². The van der Waals surface area contributed by atoms with E-state index < -0.39 is 0 Å². The smallest absolute Gasteiger partial charge is 0.216 e. The fraction of sp³-hybridized carbons (Fsp3) is 0.0333. The summed E-state index contributed by atoms with van der Waals surface area (Å²) in [7, 11) is 0. The second-order valence-electron chi connectivity index (χ2n) is 8.02. The molecule has 36 heavy (non-hydrogen) atoms. The Morgan fingerprint density at radius 1 is 0.833 bits per heavy atom. The predicted molar refractivity (Wildman–Crippen MR) is 142 cm³/mol. The average molecular weight is 662 g/mol. The topological polar surface area (TPSA) is 51.8 Å². The van der Waals surface area contributed by atoms with Gasteiger partial charge in [0, 0.05) is 43.6 Å². The molecule has 0 spiro atoms. The summed E-state index contributed by atoms with van der Waals surface area (Å²) in [5.41, 5.74) is 6.17. The van der Waals surface area contributed by atoms with Crippen LogP contribution in [0.25, 0.3) is 54.7 Å². The van der Waals surface area contributed by atoms with Crippen LogP contribution < -0.4 is 0 Å². The van der Waals surface area contributed by atoms with E-state index in [4.69, 9.17) is 4.42 Å². The largest absolute Gasteiger partial charge is 0.486 e. The Hall–Kier alpha value is -3.70. The zero-order valence-corrected chi connectivity index (χ0v) is 22.4. The molecule has 0 N–H and O–H groups in total. The first kappa shape index (κ1) is 24.0. The van der Waals surface area contributed by atoms with Gasteiger partial charge in [-0.05, 0) is 53.3 Å². The Morgan fingerprint density at radius 3 is 2.58 bits per heavy atom. The predicted octanol–water partition coefficient (Wildman–Crippen LogP) is 7.91. The van der Waals surface area contributed by atoms with Gasteiger partial charge in [-0.25, -0.2) is 4.98 Å². The Bertz CT molecular complexity index is 1720. The first-order chi connectivity index (χ1) is 17.3. The van der Waals surface area contributed by atoms with Crippen LogP contribution in [0, 0.1) is 19.1 Å². The Morgan fingerprint density at radius 2 is 1.75 bits per heavy atom. The van der Waals surface area contributed by atoms with Gasteiger partial charge in [-0.1, -0.05) is 29.1 Å². The van der Waals surface area contributed by atoms with E-state index in [-0.39, 0.29) is 20.1 Å². The molecule has 0 amide bonds. The Balaban J connectivity index is 0.000000175. The van der Waals surface area contributed by atoms with Crippen LogP contribution in [0.4, 0.5) is 0 Å². The summed E-state index contributed by atoms with van der Waals surface area (Å²) in [5, 5.41) is 5.34. The fourth-order valence-corrected chi connectivity index (χ4v) is 4.72. The van der Waals surface area contributed by atoms with E-state index in [0.717, 1.165) is 44.6 Å². The number of thiophene rings is 1. The number of fused-ring (bicyclic) bond motifs is 4. The molecule has 6 heteroatoms. The zero-order chi connectivity index (χ0) is 23.6. The molecule has 177 valence electrons. The number of hydrogen-bond acceptors (Lipinski definition) is 5. The van der Waals surface area contributed by atoms with Crippen molar-refractivity contribution in [2.45, 2.75) is 6.92 Å². The van der Waals surface area contributed by atoms with Crippen molar-refractivity contribution >= 4 is 43.5 Å². The van der Waals surface area contributed by atoms with Gasteiger partial charge in [0.2, 0.25) is 5.71 Å². The average Bonchev–Trinajstić information content (AvgIpc) is 3.53. The third-order valence-corrected chi connectivity index (χ3v) is 6.55. The molecule has 0 bridgehead atoms. The van der Waals surface area contributed by atoms with E-state index in [0.29, 0.717) is 5.71 Å². The number of furan rings is 1. The summed E-state index contributed by atoms with van der Waals surface area (Å²) >= 11 is 1.69. The summed E-state index contributed by atoms with van der Waals surface area (Å²) in [6, 6.07) is 32.3. The van der Waals surface area contributed by atoms with E-state index in [1.54, 1.807) is 17.5 Å². The molecule has 7 rings (SSSR count). The number of benzene rings is 2. The number of aryl methyl sites for hydroxylation is 1. The fourth-order valence-electron chi connectivity index (χ4n) is 3.98. The minimum absolute atomic E-state index is 0.